The van der Waals surface area contributed by atoms with Crippen LogP contribution in [0.4, 0.5) is 0 Å². The zero-order valence-electron chi connectivity index (χ0n) is 16.9. The highest BCUT2D eigenvalue weighted by Gasteiger charge is 2.26. The summed E-state index contributed by atoms with van der Waals surface area (Å²) >= 11 is 0. The maximum absolute atomic E-state index is 11.1. The third kappa shape index (κ3) is 5.07. The van der Waals surface area contributed by atoms with Gasteiger partial charge in [0, 0.05) is 30.3 Å². The molecule has 1 heterocycles. The predicted octanol–water partition coefficient (Wildman–Crippen LogP) is 4.79. The fourth-order valence-corrected chi connectivity index (χ4v) is 4.00. The van der Waals surface area contributed by atoms with Crippen molar-refractivity contribution in [2.24, 2.45) is 5.92 Å². The molecule has 5 nitrogen and oxygen atoms in total. The third-order valence-electron chi connectivity index (χ3n) is 5.80. The minimum atomic E-state index is -0.00853. The van der Waals surface area contributed by atoms with Gasteiger partial charge < -0.3 is 19.2 Å². The van der Waals surface area contributed by atoms with Crippen LogP contribution in [-0.2, 0) is 9.53 Å². The Labute approximate surface area is 166 Å². The van der Waals surface area contributed by atoms with Crippen molar-refractivity contribution in [1.29, 1.82) is 0 Å². The molecule has 4 rings (SSSR count). The van der Waals surface area contributed by atoms with Crippen LogP contribution in [0.2, 0.25) is 0 Å². The summed E-state index contributed by atoms with van der Waals surface area (Å²) in [6.07, 6.45) is 7.08. The van der Waals surface area contributed by atoms with Crippen molar-refractivity contribution in [1.82, 2.24) is 5.32 Å². The first-order chi connectivity index (χ1) is 13.6. The summed E-state index contributed by atoms with van der Waals surface area (Å²) in [5, 5.41) is 4.02. The fraction of sp³-hybridized carbons (Fsp3) is 0.609. The highest BCUT2D eigenvalue weighted by molar-refractivity contribution is 5.79. The predicted molar refractivity (Wildman–Crippen MR) is 109 cm³/mol. The van der Waals surface area contributed by atoms with Gasteiger partial charge in [-0.2, -0.15) is 0 Å². The molecule has 1 unspecified atom stereocenters. The van der Waals surface area contributed by atoms with E-state index in [4.69, 9.17) is 13.9 Å². The van der Waals surface area contributed by atoms with E-state index in [0.29, 0.717) is 12.5 Å². The number of furan rings is 1. The Morgan fingerprint density at radius 2 is 1.96 bits per heavy atom. The van der Waals surface area contributed by atoms with Crippen LogP contribution in [0.25, 0.3) is 11.0 Å². The molecule has 1 aromatic heterocycles. The summed E-state index contributed by atoms with van der Waals surface area (Å²) < 4.78 is 18.0. The van der Waals surface area contributed by atoms with Crippen molar-refractivity contribution < 1.29 is 18.7 Å². The number of hydrogen-bond donors (Lipinski definition) is 1. The monoisotopic (exact) mass is 385 g/mol. The van der Waals surface area contributed by atoms with E-state index in [2.05, 4.69) is 17.4 Å². The van der Waals surface area contributed by atoms with Gasteiger partial charge in [-0.1, -0.05) is 0 Å². The normalized spacial score (nSPS) is 23.5. The van der Waals surface area contributed by atoms with E-state index >= 15 is 0 Å². The van der Waals surface area contributed by atoms with E-state index in [-0.39, 0.29) is 18.1 Å². The van der Waals surface area contributed by atoms with Gasteiger partial charge in [-0.3, -0.25) is 4.79 Å². The molecule has 1 aromatic carbocycles. The number of amides is 1. The zero-order valence-corrected chi connectivity index (χ0v) is 16.9. The lowest BCUT2D eigenvalue weighted by Gasteiger charge is -2.28. The highest BCUT2D eigenvalue weighted by Crippen LogP contribution is 2.37. The molecule has 0 bridgehead atoms. The van der Waals surface area contributed by atoms with Crippen LogP contribution < -0.4 is 10.1 Å². The number of hydrogen-bond acceptors (Lipinski definition) is 4. The molecule has 1 N–H and O–H groups in total. The smallest absolute Gasteiger partial charge is 0.217 e. The number of carbonyl (C=O) groups excluding carboxylic acids is 1. The lowest BCUT2D eigenvalue weighted by molar-refractivity contribution is -0.120. The first kappa shape index (κ1) is 19.3. The van der Waals surface area contributed by atoms with Gasteiger partial charge in [0.05, 0.1) is 19.3 Å². The van der Waals surface area contributed by atoms with E-state index in [1.54, 1.807) is 0 Å². The number of rotatable bonds is 8. The number of benzene rings is 1. The summed E-state index contributed by atoms with van der Waals surface area (Å²) in [4.78, 5) is 11.1. The van der Waals surface area contributed by atoms with Crippen molar-refractivity contribution in [3.63, 3.8) is 0 Å². The number of fused-ring (bicyclic) bond motifs is 1. The maximum Gasteiger partial charge on any atom is 0.217 e. The second-order valence-corrected chi connectivity index (χ2v) is 8.51. The number of carbonyl (C=O) groups is 1. The average molecular weight is 386 g/mol. The minimum absolute atomic E-state index is 0.00853. The van der Waals surface area contributed by atoms with Gasteiger partial charge in [-0.05, 0) is 69.6 Å². The van der Waals surface area contributed by atoms with Crippen LogP contribution in [0.15, 0.2) is 28.7 Å². The van der Waals surface area contributed by atoms with E-state index in [1.165, 1.54) is 19.8 Å². The molecule has 0 radical (unpaired) electrons. The minimum Gasteiger partial charge on any atom is -0.493 e. The van der Waals surface area contributed by atoms with Crippen LogP contribution in [0.1, 0.15) is 64.1 Å². The lowest BCUT2D eigenvalue weighted by Crippen LogP contribution is -2.36. The maximum atomic E-state index is 11.1. The van der Waals surface area contributed by atoms with E-state index in [9.17, 15) is 4.79 Å². The molecule has 0 aliphatic heterocycles. The number of ether oxygens (including phenoxy) is 2. The Bertz CT molecular complexity index is 802. The van der Waals surface area contributed by atoms with Crippen LogP contribution in [0.5, 0.6) is 5.75 Å². The van der Waals surface area contributed by atoms with Gasteiger partial charge in [-0.25, -0.2) is 0 Å². The van der Waals surface area contributed by atoms with Gasteiger partial charge in [0.2, 0.25) is 5.91 Å². The van der Waals surface area contributed by atoms with Crippen molar-refractivity contribution in [2.45, 2.75) is 70.4 Å². The van der Waals surface area contributed by atoms with E-state index in [0.717, 1.165) is 60.7 Å². The molecule has 1 atom stereocenters. The molecule has 2 aliphatic carbocycles. The summed E-state index contributed by atoms with van der Waals surface area (Å²) in [5.74, 6) is 3.19. The molecular weight excluding hydrogens is 354 g/mol. The van der Waals surface area contributed by atoms with Gasteiger partial charge in [0.25, 0.3) is 0 Å². The van der Waals surface area contributed by atoms with Crippen LogP contribution in [0.3, 0.4) is 0 Å². The highest BCUT2D eigenvalue weighted by atomic mass is 16.5. The molecular formula is C23H31NO4. The molecule has 152 valence electrons. The molecule has 2 aromatic rings. The molecule has 5 heteroatoms. The standard InChI is InChI=1S/C23H31NO4/c1-15(24-16(2)25)13-26-20-8-5-18(6-9-20)22-11-19-7-10-21(12-23(19)28-22)27-14-17-3-4-17/h7,10-12,15,17-18,20H,3-6,8-9,13-14H2,1-2H3,(H,24,25). The van der Waals surface area contributed by atoms with Crippen molar-refractivity contribution in [3.8, 4) is 5.75 Å². The Hall–Kier alpha value is -2.01. The molecule has 2 fully saturated rings. The van der Waals surface area contributed by atoms with Crippen molar-refractivity contribution in [2.75, 3.05) is 13.2 Å². The SMILES string of the molecule is CC(=O)NC(C)COC1CCC(c2cc3ccc(OCC4CC4)cc3o2)CC1. The molecule has 2 aliphatic rings. The van der Waals surface area contributed by atoms with Gasteiger partial charge in [0.15, 0.2) is 0 Å². The van der Waals surface area contributed by atoms with Crippen molar-refractivity contribution in [3.05, 3.63) is 30.0 Å². The first-order valence-electron chi connectivity index (χ1n) is 10.6. The second kappa shape index (κ2) is 8.56. The van der Waals surface area contributed by atoms with Crippen LogP contribution >= 0.6 is 0 Å². The fourth-order valence-electron chi connectivity index (χ4n) is 4.00. The molecule has 0 saturated heterocycles. The summed E-state index contributed by atoms with van der Waals surface area (Å²) in [6.45, 7) is 4.91. The Kier molecular flexibility index (Phi) is 5.90. The second-order valence-electron chi connectivity index (χ2n) is 8.51. The van der Waals surface area contributed by atoms with Crippen LogP contribution in [-0.4, -0.2) is 31.3 Å². The third-order valence-corrected chi connectivity index (χ3v) is 5.80. The van der Waals surface area contributed by atoms with Crippen LogP contribution in [0, 0.1) is 5.92 Å². The van der Waals surface area contributed by atoms with E-state index < -0.39 is 0 Å². The van der Waals surface area contributed by atoms with Gasteiger partial charge in [0.1, 0.15) is 17.1 Å². The first-order valence-corrected chi connectivity index (χ1v) is 10.6. The van der Waals surface area contributed by atoms with Gasteiger partial charge >= 0.3 is 0 Å². The van der Waals surface area contributed by atoms with Crippen molar-refractivity contribution >= 4 is 16.9 Å². The summed E-state index contributed by atoms with van der Waals surface area (Å²) in [5.41, 5.74) is 0.922. The lowest BCUT2D eigenvalue weighted by atomic mass is 9.85. The Morgan fingerprint density at radius 1 is 1.18 bits per heavy atom. The largest absolute Gasteiger partial charge is 0.493 e. The Balaban J connectivity index is 1.29. The number of nitrogens with one attached hydrogen (secondary N) is 1. The van der Waals surface area contributed by atoms with E-state index in [1.807, 2.05) is 19.1 Å². The summed E-state index contributed by atoms with van der Waals surface area (Å²) in [7, 11) is 0. The zero-order chi connectivity index (χ0) is 19.5. The molecule has 2 saturated carbocycles. The molecule has 28 heavy (non-hydrogen) atoms. The molecule has 0 spiro atoms. The Morgan fingerprint density at radius 3 is 2.68 bits per heavy atom. The topological polar surface area (TPSA) is 60.7 Å². The van der Waals surface area contributed by atoms with Gasteiger partial charge in [-0.15, -0.1) is 0 Å². The summed E-state index contributed by atoms with van der Waals surface area (Å²) in [6, 6.07) is 8.42. The molecule has 1 amide bonds. The quantitative estimate of drug-likeness (QED) is 0.710. The average Bonchev–Trinajstić information content (AvgIpc) is 3.41.